The zero-order chi connectivity index (χ0) is 17.1. The molecule has 1 atom stereocenters. The highest BCUT2D eigenvalue weighted by Gasteiger charge is 2.14. The molecule has 24 heavy (non-hydrogen) atoms. The van der Waals surface area contributed by atoms with E-state index in [1.807, 2.05) is 26.0 Å². The normalized spacial score (nSPS) is 12.3. The van der Waals surface area contributed by atoms with E-state index in [4.69, 9.17) is 0 Å². The van der Waals surface area contributed by atoms with Gasteiger partial charge in [-0.3, -0.25) is 0 Å². The summed E-state index contributed by atoms with van der Waals surface area (Å²) in [4.78, 5) is 0. The first-order chi connectivity index (χ1) is 11.5. The van der Waals surface area contributed by atoms with E-state index in [1.54, 1.807) is 16.8 Å². The third kappa shape index (κ3) is 3.63. The van der Waals surface area contributed by atoms with E-state index < -0.39 is 6.10 Å². The van der Waals surface area contributed by atoms with Crippen LogP contribution in [0.25, 0.3) is 5.69 Å². The number of aliphatic hydroxyl groups is 1. The number of halogens is 1. The van der Waals surface area contributed by atoms with E-state index in [0.29, 0.717) is 16.5 Å². The van der Waals surface area contributed by atoms with E-state index in [0.717, 1.165) is 11.3 Å². The summed E-state index contributed by atoms with van der Waals surface area (Å²) in [5.74, 6) is 0.0501. The maximum absolute atomic E-state index is 12.9. The monoisotopic (exact) mass is 344 g/mol. The third-order valence-corrected chi connectivity index (χ3v) is 4.64. The van der Waals surface area contributed by atoms with Crippen molar-refractivity contribution in [2.24, 2.45) is 0 Å². The van der Waals surface area contributed by atoms with Crippen LogP contribution in [-0.2, 0) is 0 Å². The fourth-order valence-electron chi connectivity index (χ4n) is 2.40. The van der Waals surface area contributed by atoms with Crippen molar-refractivity contribution in [2.75, 3.05) is 5.75 Å². The molecular formula is C17H17FN4OS. The van der Waals surface area contributed by atoms with Gasteiger partial charge in [-0.1, -0.05) is 41.6 Å². The predicted octanol–water partition coefficient (Wildman–Crippen LogP) is 3.24. The predicted molar refractivity (Wildman–Crippen MR) is 90.7 cm³/mol. The second-order valence-corrected chi connectivity index (χ2v) is 6.53. The molecule has 2 aromatic carbocycles. The average Bonchev–Trinajstić information content (AvgIpc) is 3.01. The number of aliphatic hydroxyl groups excluding tert-OH is 1. The number of nitrogens with zero attached hydrogens (tertiary/aromatic N) is 4. The van der Waals surface area contributed by atoms with E-state index in [-0.39, 0.29) is 5.82 Å². The Bertz CT molecular complexity index is 835. The molecule has 0 aliphatic carbocycles. The lowest BCUT2D eigenvalue weighted by atomic mass is 10.1. The highest BCUT2D eigenvalue weighted by atomic mass is 32.2. The van der Waals surface area contributed by atoms with Gasteiger partial charge in [0.2, 0.25) is 5.16 Å². The summed E-state index contributed by atoms with van der Waals surface area (Å²) in [5, 5.41) is 22.6. The van der Waals surface area contributed by atoms with Gasteiger partial charge in [0, 0.05) is 5.75 Å². The van der Waals surface area contributed by atoms with Crippen LogP contribution >= 0.6 is 11.8 Å². The van der Waals surface area contributed by atoms with Crippen LogP contribution in [0.1, 0.15) is 22.8 Å². The molecule has 0 amide bonds. The summed E-state index contributed by atoms with van der Waals surface area (Å²) in [5.41, 5.74) is 3.81. The topological polar surface area (TPSA) is 63.8 Å². The Morgan fingerprint density at radius 3 is 2.62 bits per heavy atom. The Labute approximate surface area is 143 Å². The molecule has 7 heteroatoms. The van der Waals surface area contributed by atoms with Crippen LogP contribution in [0.3, 0.4) is 0 Å². The fourth-order valence-corrected chi connectivity index (χ4v) is 3.25. The Balaban J connectivity index is 1.75. The largest absolute Gasteiger partial charge is 0.388 e. The Morgan fingerprint density at radius 2 is 1.92 bits per heavy atom. The number of hydrogen-bond donors (Lipinski definition) is 1. The minimum atomic E-state index is -0.722. The lowest BCUT2D eigenvalue weighted by molar-refractivity contribution is 0.204. The maximum atomic E-state index is 12.9. The molecule has 0 saturated heterocycles. The second kappa shape index (κ2) is 7.11. The quantitative estimate of drug-likeness (QED) is 0.720. The van der Waals surface area contributed by atoms with Crippen molar-refractivity contribution < 1.29 is 9.50 Å². The zero-order valence-corrected chi connectivity index (χ0v) is 14.2. The highest BCUT2D eigenvalue weighted by molar-refractivity contribution is 7.99. The van der Waals surface area contributed by atoms with Crippen LogP contribution in [0.4, 0.5) is 4.39 Å². The lowest BCUT2D eigenvalue weighted by Gasteiger charge is -2.11. The van der Waals surface area contributed by atoms with Crippen molar-refractivity contribution in [3.8, 4) is 5.69 Å². The van der Waals surface area contributed by atoms with Crippen molar-refractivity contribution >= 4 is 11.8 Å². The van der Waals surface area contributed by atoms with Crippen LogP contribution in [0.2, 0.25) is 0 Å². The van der Waals surface area contributed by atoms with E-state index in [1.165, 1.54) is 29.5 Å². The van der Waals surface area contributed by atoms with Gasteiger partial charge < -0.3 is 5.11 Å². The van der Waals surface area contributed by atoms with Crippen LogP contribution in [-0.4, -0.2) is 31.1 Å². The van der Waals surface area contributed by atoms with Crippen molar-refractivity contribution in [1.29, 1.82) is 0 Å². The van der Waals surface area contributed by atoms with Crippen molar-refractivity contribution in [2.45, 2.75) is 25.1 Å². The molecule has 0 radical (unpaired) electrons. The van der Waals surface area contributed by atoms with Gasteiger partial charge in [0.1, 0.15) is 5.82 Å². The molecule has 0 fully saturated rings. The number of hydrogen-bond acceptors (Lipinski definition) is 5. The number of aryl methyl sites for hydroxylation is 2. The molecule has 1 unspecified atom stereocenters. The summed E-state index contributed by atoms with van der Waals surface area (Å²) < 4.78 is 14.6. The number of rotatable bonds is 5. The molecule has 1 N–H and O–H groups in total. The zero-order valence-electron chi connectivity index (χ0n) is 13.3. The summed E-state index contributed by atoms with van der Waals surface area (Å²) >= 11 is 1.35. The van der Waals surface area contributed by atoms with Crippen molar-refractivity contribution in [3.63, 3.8) is 0 Å². The van der Waals surface area contributed by atoms with Gasteiger partial charge in [-0.05, 0) is 53.6 Å². The molecule has 0 aliphatic rings. The van der Waals surface area contributed by atoms with Gasteiger partial charge in [-0.25, -0.2) is 4.39 Å². The number of aromatic nitrogens is 4. The van der Waals surface area contributed by atoms with Crippen LogP contribution in [0.15, 0.2) is 47.6 Å². The molecule has 0 saturated carbocycles. The van der Waals surface area contributed by atoms with Gasteiger partial charge in [-0.2, -0.15) is 4.68 Å². The smallest absolute Gasteiger partial charge is 0.214 e. The van der Waals surface area contributed by atoms with E-state index >= 15 is 0 Å². The molecule has 1 heterocycles. The van der Waals surface area contributed by atoms with Gasteiger partial charge in [0.15, 0.2) is 0 Å². The summed E-state index contributed by atoms with van der Waals surface area (Å²) in [7, 11) is 0. The minimum Gasteiger partial charge on any atom is -0.388 e. The van der Waals surface area contributed by atoms with Gasteiger partial charge in [0.05, 0.1) is 11.8 Å². The second-order valence-electron chi connectivity index (χ2n) is 5.54. The Morgan fingerprint density at radius 1 is 1.17 bits per heavy atom. The molecular weight excluding hydrogens is 327 g/mol. The van der Waals surface area contributed by atoms with Crippen molar-refractivity contribution in [1.82, 2.24) is 20.2 Å². The van der Waals surface area contributed by atoms with E-state index in [2.05, 4.69) is 21.6 Å². The molecule has 1 aromatic heterocycles. The first-order valence-corrected chi connectivity index (χ1v) is 8.45. The van der Waals surface area contributed by atoms with Gasteiger partial charge >= 0.3 is 0 Å². The van der Waals surface area contributed by atoms with Gasteiger partial charge in [0.25, 0.3) is 0 Å². The summed E-state index contributed by atoms with van der Waals surface area (Å²) in [6.07, 6.45) is -0.722. The first-order valence-electron chi connectivity index (χ1n) is 7.47. The molecule has 5 nitrogen and oxygen atoms in total. The standard InChI is InChI=1S/C17H17FN4OS/c1-11-3-8-15(12(2)9-11)22-17(19-20-21-22)24-10-16(23)13-4-6-14(18)7-5-13/h3-9,16,23H,10H2,1-2H3. The average molecular weight is 344 g/mol. The minimum absolute atomic E-state index is 0.322. The fraction of sp³-hybridized carbons (Fsp3) is 0.235. The SMILES string of the molecule is Cc1ccc(-n2nnnc2SCC(O)c2ccc(F)cc2)c(C)c1. The number of thioether (sulfide) groups is 1. The number of tetrazole rings is 1. The lowest BCUT2D eigenvalue weighted by Crippen LogP contribution is -2.05. The Hall–Kier alpha value is -2.25. The van der Waals surface area contributed by atoms with Crippen molar-refractivity contribution in [3.05, 3.63) is 65.0 Å². The van der Waals surface area contributed by atoms with Gasteiger partial charge in [-0.15, -0.1) is 5.10 Å². The number of benzene rings is 2. The van der Waals surface area contributed by atoms with Crippen LogP contribution in [0, 0.1) is 19.7 Å². The maximum Gasteiger partial charge on any atom is 0.214 e. The molecule has 0 spiro atoms. The highest BCUT2D eigenvalue weighted by Crippen LogP contribution is 2.25. The Kier molecular flexibility index (Phi) is 4.92. The molecule has 124 valence electrons. The molecule has 0 bridgehead atoms. The first kappa shape index (κ1) is 16.6. The summed E-state index contributed by atoms with van der Waals surface area (Å²) in [6.45, 7) is 4.04. The van der Waals surface area contributed by atoms with E-state index in [9.17, 15) is 9.50 Å². The molecule has 3 rings (SSSR count). The molecule has 0 aliphatic heterocycles. The summed E-state index contributed by atoms with van der Waals surface area (Å²) in [6, 6.07) is 11.9. The third-order valence-electron chi connectivity index (χ3n) is 3.65. The van der Waals surface area contributed by atoms with Crippen LogP contribution < -0.4 is 0 Å². The van der Waals surface area contributed by atoms with Crippen LogP contribution in [0.5, 0.6) is 0 Å². The molecule has 3 aromatic rings.